The van der Waals surface area contributed by atoms with Crippen molar-refractivity contribution in [2.24, 2.45) is 0 Å². The molecule has 0 aliphatic heterocycles. The van der Waals surface area contributed by atoms with Gasteiger partial charge < -0.3 is 5.32 Å². The van der Waals surface area contributed by atoms with E-state index in [2.05, 4.69) is 39.8 Å². The van der Waals surface area contributed by atoms with Crippen LogP contribution < -0.4 is 5.32 Å². The van der Waals surface area contributed by atoms with Gasteiger partial charge in [-0.25, -0.2) is 0 Å². The lowest BCUT2D eigenvalue weighted by Gasteiger charge is -2.19. The number of aromatic nitrogens is 3. The second-order valence-electron chi connectivity index (χ2n) is 9.13. The minimum atomic E-state index is -0.0758. The van der Waals surface area contributed by atoms with Crippen molar-refractivity contribution >= 4 is 29.3 Å². The van der Waals surface area contributed by atoms with Crippen molar-refractivity contribution in [2.45, 2.75) is 30.5 Å². The molecule has 5 aromatic rings. The van der Waals surface area contributed by atoms with E-state index in [-0.39, 0.29) is 11.9 Å². The quantitative estimate of drug-likeness (QED) is 0.136. The minimum absolute atomic E-state index is 0.0432. The summed E-state index contributed by atoms with van der Waals surface area (Å²) in [6.07, 6.45) is 1.89. The van der Waals surface area contributed by atoms with Crippen LogP contribution in [-0.2, 0) is 11.2 Å². The number of carbonyl (C=O) groups excluding carboxylic acids is 1. The predicted molar refractivity (Wildman–Crippen MR) is 159 cm³/mol. The summed E-state index contributed by atoms with van der Waals surface area (Å²) >= 11 is 8.08. The monoisotopic (exact) mass is 552 g/mol. The molecule has 196 valence electrons. The number of hydrogen-bond acceptors (Lipinski definition) is 4. The third-order valence-electron chi connectivity index (χ3n) is 6.36. The van der Waals surface area contributed by atoms with E-state index in [9.17, 15) is 4.79 Å². The Balaban J connectivity index is 1.24. The molecular formula is C32H29ClN4OS. The number of para-hydroxylation sites is 1. The lowest BCUT2D eigenvalue weighted by atomic mass is 9.98. The van der Waals surface area contributed by atoms with Gasteiger partial charge in [0.25, 0.3) is 0 Å². The first-order valence-corrected chi connectivity index (χ1v) is 14.3. The van der Waals surface area contributed by atoms with Gasteiger partial charge in [-0.2, -0.15) is 0 Å². The highest BCUT2D eigenvalue weighted by Gasteiger charge is 2.19. The Labute approximate surface area is 238 Å². The Morgan fingerprint density at radius 3 is 2.18 bits per heavy atom. The van der Waals surface area contributed by atoms with Gasteiger partial charge in [0, 0.05) is 23.4 Å². The first-order valence-electron chi connectivity index (χ1n) is 13.0. The summed E-state index contributed by atoms with van der Waals surface area (Å²) < 4.78 is 2.03. The first kappa shape index (κ1) is 26.7. The molecule has 1 aromatic heterocycles. The smallest absolute Gasteiger partial charge is 0.220 e. The maximum atomic E-state index is 13.0. The topological polar surface area (TPSA) is 59.8 Å². The third kappa shape index (κ3) is 6.96. The van der Waals surface area contributed by atoms with Crippen molar-refractivity contribution in [1.29, 1.82) is 0 Å². The first-order chi connectivity index (χ1) is 19.2. The van der Waals surface area contributed by atoms with E-state index in [1.54, 1.807) is 11.8 Å². The van der Waals surface area contributed by atoms with Gasteiger partial charge in [-0.1, -0.05) is 114 Å². The van der Waals surface area contributed by atoms with Gasteiger partial charge in [0.05, 0.1) is 11.1 Å². The lowest BCUT2D eigenvalue weighted by molar-refractivity contribution is -0.121. The van der Waals surface area contributed by atoms with Crippen LogP contribution in [0.4, 0.5) is 0 Å². The number of nitrogens with one attached hydrogen (secondary N) is 1. The molecule has 1 heterocycles. The maximum absolute atomic E-state index is 13.0. The average molecular weight is 553 g/mol. The Hall–Kier alpha value is -3.87. The zero-order valence-corrected chi connectivity index (χ0v) is 23.0. The molecule has 0 bridgehead atoms. The Morgan fingerprint density at radius 1 is 0.821 bits per heavy atom. The Kier molecular flexibility index (Phi) is 9.09. The van der Waals surface area contributed by atoms with Crippen LogP contribution in [0.15, 0.2) is 120 Å². The summed E-state index contributed by atoms with van der Waals surface area (Å²) in [5, 5.41) is 13.6. The number of halogens is 1. The highest BCUT2D eigenvalue weighted by Crippen LogP contribution is 2.32. The highest BCUT2D eigenvalue weighted by atomic mass is 35.5. The summed E-state index contributed by atoms with van der Waals surface area (Å²) in [7, 11) is 0. The van der Waals surface area contributed by atoms with Crippen LogP contribution in [0.2, 0.25) is 5.02 Å². The molecule has 0 radical (unpaired) electrons. The standard InChI is InChI=1S/C32H29ClN4OS/c33-28-20-11-10-19-27(28)31-35-36-32(37(31)26-17-8-3-9-18-26)39-22-12-21-30(38)34-29(25-15-6-2-7-16-25)23-24-13-4-1-5-14-24/h1-11,13-20,29H,12,21-23H2,(H,34,38)/t29-/m0/s1. The van der Waals surface area contributed by atoms with Gasteiger partial charge >= 0.3 is 0 Å². The fraction of sp³-hybridized carbons (Fsp3) is 0.156. The molecule has 0 aliphatic carbocycles. The van der Waals surface area contributed by atoms with Crippen LogP contribution in [0.5, 0.6) is 0 Å². The van der Waals surface area contributed by atoms with Crippen molar-refractivity contribution in [3.8, 4) is 17.1 Å². The zero-order valence-electron chi connectivity index (χ0n) is 21.4. The summed E-state index contributed by atoms with van der Waals surface area (Å²) in [6.45, 7) is 0. The Bertz CT molecular complexity index is 1490. The molecule has 0 saturated heterocycles. The molecule has 5 rings (SSSR count). The fourth-order valence-electron chi connectivity index (χ4n) is 4.44. The van der Waals surface area contributed by atoms with E-state index in [1.807, 2.05) is 95.6 Å². The van der Waals surface area contributed by atoms with Crippen LogP contribution in [0.3, 0.4) is 0 Å². The van der Waals surface area contributed by atoms with Gasteiger partial charge in [-0.15, -0.1) is 10.2 Å². The molecule has 0 saturated carbocycles. The number of amides is 1. The SMILES string of the molecule is O=C(CCCSc1nnc(-c2ccccc2Cl)n1-c1ccccc1)N[C@@H](Cc1ccccc1)c1ccccc1. The van der Waals surface area contributed by atoms with E-state index in [4.69, 9.17) is 11.6 Å². The molecule has 1 amide bonds. The van der Waals surface area contributed by atoms with E-state index < -0.39 is 0 Å². The Morgan fingerprint density at radius 2 is 1.46 bits per heavy atom. The molecule has 5 nitrogen and oxygen atoms in total. The van der Waals surface area contributed by atoms with Crippen molar-refractivity contribution in [3.63, 3.8) is 0 Å². The van der Waals surface area contributed by atoms with Gasteiger partial charge in [0.2, 0.25) is 5.91 Å². The second kappa shape index (κ2) is 13.3. The van der Waals surface area contributed by atoms with Crippen molar-refractivity contribution in [2.75, 3.05) is 5.75 Å². The molecule has 0 aliphatic rings. The normalized spacial score (nSPS) is 11.7. The predicted octanol–water partition coefficient (Wildman–Crippen LogP) is 7.56. The van der Waals surface area contributed by atoms with Gasteiger partial charge in [0.1, 0.15) is 0 Å². The van der Waals surface area contributed by atoms with Gasteiger partial charge in [0.15, 0.2) is 11.0 Å². The largest absolute Gasteiger partial charge is 0.349 e. The average Bonchev–Trinajstić information content (AvgIpc) is 3.40. The van der Waals surface area contributed by atoms with Crippen molar-refractivity contribution < 1.29 is 4.79 Å². The number of rotatable bonds is 11. The van der Waals surface area contributed by atoms with Crippen LogP contribution in [-0.4, -0.2) is 26.4 Å². The van der Waals surface area contributed by atoms with Crippen molar-refractivity contribution in [3.05, 3.63) is 131 Å². The van der Waals surface area contributed by atoms with Crippen LogP contribution >= 0.6 is 23.4 Å². The van der Waals surface area contributed by atoms with E-state index in [1.165, 1.54) is 5.56 Å². The molecular weight excluding hydrogens is 524 g/mol. The number of hydrogen-bond donors (Lipinski definition) is 1. The molecule has 0 fully saturated rings. The summed E-state index contributed by atoms with van der Waals surface area (Å²) in [5.74, 6) is 1.47. The number of thioether (sulfide) groups is 1. The van der Waals surface area contributed by atoms with E-state index in [0.29, 0.717) is 23.7 Å². The third-order valence-corrected chi connectivity index (χ3v) is 7.71. The zero-order chi connectivity index (χ0) is 26.9. The summed E-state index contributed by atoms with van der Waals surface area (Å²) in [5.41, 5.74) is 4.08. The fourth-order valence-corrected chi connectivity index (χ4v) is 5.55. The number of carbonyl (C=O) groups is 1. The molecule has 7 heteroatoms. The molecule has 1 N–H and O–H groups in total. The molecule has 39 heavy (non-hydrogen) atoms. The molecule has 0 unspecified atom stereocenters. The maximum Gasteiger partial charge on any atom is 0.220 e. The van der Waals surface area contributed by atoms with Crippen LogP contribution in [0.25, 0.3) is 17.1 Å². The van der Waals surface area contributed by atoms with E-state index in [0.717, 1.165) is 34.1 Å². The molecule has 0 spiro atoms. The van der Waals surface area contributed by atoms with Gasteiger partial charge in [-0.05, 0) is 48.2 Å². The summed E-state index contributed by atoms with van der Waals surface area (Å²) in [6, 6.07) is 38.0. The molecule has 1 atom stereocenters. The van der Waals surface area contributed by atoms with Gasteiger partial charge in [-0.3, -0.25) is 9.36 Å². The number of nitrogens with zero attached hydrogens (tertiary/aromatic N) is 3. The minimum Gasteiger partial charge on any atom is -0.349 e. The van der Waals surface area contributed by atoms with Crippen LogP contribution in [0.1, 0.15) is 30.0 Å². The number of benzene rings is 4. The highest BCUT2D eigenvalue weighted by molar-refractivity contribution is 7.99. The summed E-state index contributed by atoms with van der Waals surface area (Å²) in [4.78, 5) is 13.0. The lowest BCUT2D eigenvalue weighted by Crippen LogP contribution is -2.29. The van der Waals surface area contributed by atoms with Crippen molar-refractivity contribution in [1.82, 2.24) is 20.1 Å². The molecule has 4 aromatic carbocycles. The second-order valence-corrected chi connectivity index (χ2v) is 10.6. The van der Waals surface area contributed by atoms with E-state index >= 15 is 0 Å². The van der Waals surface area contributed by atoms with Crippen LogP contribution in [0, 0.1) is 0 Å².